The predicted octanol–water partition coefficient (Wildman–Crippen LogP) is 1.14. The van der Waals surface area contributed by atoms with Gasteiger partial charge in [0.2, 0.25) is 0 Å². The summed E-state index contributed by atoms with van der Waals surface area (Å²) in [6.07, 6.45) is 2.04. The summed E-state index contributed by atoms with van der Waals surface area (Å²) in [7, 11) is 0. The molecule has 0 radical (unpaired) electrons. The fourth-order valence-corrected chi connectivity index (χ4v) is 3.80. The summed E-state index contributed by atoms with van der Waals surface area (Å²) in [5, 5.41) is 20.8. The Kier molecular flexibility index (Phi) is 5.57. The first kappa shape index (κ1) is 17.8. The van der Waals surface area contributed by atoms with Crippen molar-refractivity contribution in [3.63, 3.8) is 0 Å². The Morgan fingerprint density at radius 2 is 1.92 bits per heavy atom. The van der Waals surface area contributed by atoms with Crippen LogP contribution in [0.2, 0.25) is 0 Å². The minimum atomic E-state index is -0.681. The van der Waals surface area contributed by atoms with Gasteiger partial charge in [0.15, 0.2) is 0 Å². The SMILES string of the molecule is Cc1ccccc1CC1(CO)CN(CC2(O)CCOCC2)CCO1. The molecular formula is C19H29NO4. The largest absolute Gasteiger partial charge is 0.393 e. The van der Waals surface area contributed by atoms with Crippen molar-refractivity contribution in [3.8, 4) is 0 Å². The number of aliphatic hydroxyl groups is 2. The summed E-state index contributed by atoms with van der Waals surface area (Å²) in [5.74, 6) is 0. The van der Waals surface area contributed by atoms with Crippen LogP contribution in [0.25, 0.3) is 0 Å². The molecule has 0 bridgehead atoms. The van der Waals surface area contributed by atoms with Gasteiger partial charge in [0.05, 0.1) is 18.8 Å². The highest BCUT2D eigenvalue weighted by molar-refractivity contribution is 5.27. The van der Waals surface area contributed by atoms with Crippen molar-refractivity contribution in [3.05, 3.63) is 35.4 Å². The van der Waals surface area contributed by atoms with Crippen molar-refractivity contribution < 1.29 is 19.7 Å². The Hall–Kier alpha value is -0.980. The van der Waals surface area contributed by atoms with Crippen LogP contribution >= 0.6 is 0 Å². The lowest BCUT2D eigenvalue weighted by Gasteiger charge is -2.45. The molecule has 1 unspecified atom stereocenters. The smallest absolute Gasteiger partial charge is 0.108 e. The number of aryl methyl sites for hydroxylation is 1. The van der Waals surface area contributed by atoms with Crippen molar-refractivity contribution in [1.29, 1.82) is 0 Å². The van der Waals surface area contributed by atoms with E-state index in [2.05, 4.69) is 24.0 Å². The number of morpholine rings is 1. The maximum absolute atomic E-state index is 10.8. The van der Waals surface area contributed by atoms with Gasteiger partial charge in [-0.15, -0.1) is 0 Å². The molecule has 2 fully saturated rings. The second-order valence-electron chi connectivity index (χ2n) is 7.34. The quantitative estimate of drug-likeness (QED) is 0.845. The second-order valence-corrected chi connectivity index (χ2v) is 7.34. The van der Waals surface area contributed by atoms with E-state index >= 15 is 0 Å². The molecule has 1 aromatic carbocycles. The third-order valence-electron chi connectivity index (χ3n) is 5.33. The van der Waals surface area contributed by atoms with E-state index in [1.54, 1.807) is 0 Å². The lowest BCUT2D eigenvalue weighted by atomic mass is 9.89. The molecule has 1 aromatic rings. The van der Waals surface area contributed by atoms with Crippen LogP contribution < -0.4 is 0 Å². The van der Waals surface area contributed by atoms with Gasteiger partial charge in [0.25, 0.3) is 0 Å². The summed E-state index contributed by atoms with van der Waals surface area (Å²) in [6, 6.07) is 8.24. The minimum Gasteiger partial charge on any atom is -0.393 e. The number of ether oxygens (including phenoxy) is 2. The Morgan fingerprint density at radius 1 is 1.17 bits per heavy atom. The van der Waals surface area contributed by atoms with Crippen LogP contribution in [0.3, 0.4) is 0 Å². The molecule has 2 saturated heterocycles. The lowest BCUT2D eigenvalue weighted by Crippen LogP contribution is -2.59. The standard InChI is InChI=1S/C19H29NO4/c1-16-4-2-3-5-17(16)12-19(15-21)14-20(8-11-24-19)13-18(22)6-9-23-10-7-18/h2-5,21-22H,6-15H2,1H3. The topological polar surface area (TPSA) is 62.2 Å². The molecule has 0 aliphatic carbocycles. The average molecular weight is 335 g/mol. The van der Waals surface area contributed by atoms with E-state index in [1.807, 2.05) is 12.1 Å². The van der Waals surface area contributed by atoms with E-state index in [0.29, 0.717) is 52.2 Å². The maximum atomic E-state index is 10.8. The van der Waals surface area contributed by atoms with Crippen molar-refractivity contribution in [2.75, 3.05) is 46.1 Å². The number of β-amino-alcohol motifs (C(OH)–C–C–N with tert-alkyl or cyclic N) is 1. The molecule has 3 rings (SSSR count). The molecule has 0 aromatic heterocycles. The summed E-state index contributed by atoms with van der Waals surface area (Å²) in [4.78, 5) is 2.24. The van der Waals surface area contributed by atoms with Crippen LogP contribution in [0.4, 0.5) is 0 Å². The van der Waals surface area contributed by atoms with Gasteiger partial charge >= 0.3 is 0 Å². The van der Waals surface area contributed by atoms with Gasteiger partial charge in [-0.25, -0.2) is 0 Å². The number of hydrogen-bond acceptors (Lipinski definition) is 5. The second kappa shape index (κ2) is 7.50. The Labute approximate surface area is 144 Å². The number of aliphatic hydroxyl groups excluding tert-OH is 1. The van der Waals surface area contributed by atoms with Crippen molar-refractivity contribution in [2.45, 2.75) is 37.4 Å². The first-order chi connectivity index (χ1) is 11.5. The zero-order valence-electron chi connectivity index (χ0n) is 14.5. The molecule has 2 heterocycles. The zero-order valence-corrected chi connectivity index (χ0v) is 14.5. The lowest BCUT2D eigenvalue weighted by molar-refractivity contribution is -0.152. The average Bonchev–Trinajstić information content (AvgIpc) is 2.57. The highest BCUT2D eigenvalue weighted by Gasteiger charge is 2.40. The van der Waals surface area contributed by atoms with E-state index < -0.39 is 11.2 Å². The first-order valence-corrected chi connectivity index (χ1v) is 8.86. The Morgan fingerprint density at radius 3 is 2.62 bits per heavy atom. The highest BCUT2D eigenvalue weighted by Crippen LogP contribution is 2.28. The third-order valence-corrected chi connectivity index (χ3v) is 5.33. The normalized spacial score (nSPS) is 28.0. The van der Waals surface area contributed by atoms with Gasteiger partial charge < -0.3 is 19.7 Å². The molecule has 0 spiro atoms. The number of hydrogen-bond donors (Lipinski definition) is 2. The molecule has 134 valence electrons. The summed E-state index contributed by atoms with van der Waals surface area (Å²) in [6.45, 7) is 5.95. The fraction of sp³-hybridized carbons (Fsp3) is 0.684. The molecule has 2 N–H and O–H groups in total. The summed E-state index contributed by atoms with van der Waals surface area (Å²) >= 11 is 0. The molecule has 0 saturated carbocycles. The summed E-state index contributed by atoms with van der Waals surface area (Å²) in [5.41, 5.74) is 1.15. The monoisotopic (exact) mass is 335 g/mol. The minimum absolute atomic E-state index is 0.0145. The maximum Gasteiger partial charge on any atom is 0.108 e. The molecule has 2 aliphatic rings. The zero-order chi connectivity index (χ0) is 17.0. The number of benzene rings is 1. The van der Waals surface area contributed by atoms with Crippen LogP contribution in [0.1, 0.15) is 24.0 Å². The molecule has 5 nitrogen and oxygen atoms in total. The van der Waals surface area contributed by atoms with Crippen LogP contribution in [-0.4, -0.2) is 72.4 Å². The first-order valence-electron chi connectivity index (χ1n) is 8.86. The predicted molar refractivity (Wildman–Crippen MR) is 92.1 cm³/mol. The molecule has 1 atom stereocenters. The summed E-state index contributed by atoms with van der Waals surface area (Å²) < 4.78 is 11.4. The van der Waals surface area contributed by atoms with Crippen LogP contribution in [0.15, 0.2) is 24.3 Å². The van der Waals surface area contributed by atoms with Crippen molar-refractivity contribution in [2.24, 2.45) is 0 Å². The van der Waals surface area contributed by atoms with Gasteiger partial charge in [-0.05, 0) is 18.1 Å². The highest BCUT2D eigenvalue weighted by atomic mass is 16.5. The van der Waals surface area contributed by atoms with E-state index in [0.717, 1.165) is 6.54 Å². The third kappa shape index (κ3) is 4.16. The number of rotatable bonds is 5. The van der Waals surface area contributed by atoms with Gasteiger partial charge in [-0.1, -0.05) is 24.3 Å². The molecule has 5 heteroatoms. The Bertz CT molecular complexity index is 544. The van der Waals surface area contributed by atoms with Gasteiger partial charge in [-0.3, -0.25) is 4.90 Å². The van der Waals surface area contributed by atoms with Crippen molar-refractivity contribution in [1.82, 2.24) is 4.90 Å². The fourth-order valence-electron chi connectivity index (χ4n) is 3.80. The van der Waals surface area contributed by atoms with E-state index in [-0.39, 0.29) is 6.61 Å². The molecule has 2 aliphatic heterocycles. The Balaban J connectivity index is 1.68. The van der Waals surface area contributed by atoms with E-state index in [4.69, 9.17) is 9.47 Å². The van der Waals surface area contributed by atoms with Gasteiger partial charge in [0, 0.05) is 52.1 Å². The molecule has 24 heavy (non-hydrogen) atoms. The van der Waals surface area contributed by atoms with E-state index in [1.165, 1.54) is 11.1 Å². The van der Waals surface area contributed by atoms with E-state index in [9.17, 15) is 10.2 Å². The number of nitrogens with zero attached hydrogens (tertiary/aromatic N) is 1. The van der Waals surface area contributed by atoms with Crippen LogP contribution in [0, 0.1) is 6.92 Å². The van der Waals surface area contributed by atoms with Gasteiger partial charge in [-0.2, -0.15) is 0 Å². The van der Waals surface area contributed by atoms with Crippen LogP contribution in [0.5, 0.6) is 0 Å². The van der Waals surface area contributed by atoms with Gasteiger partial charge in [0.1, 0.15) is 5.60 Å². The van der Waals surface area contributed by atoms with Crippen LogP contribution in [-0.2, 0) is 15.9 Å². The van der Waals surface area contributed by atoms with Crippen molar-refractivity contribution >= 4 is 0 Å². The molecular weight excluding hydrogens is 306 g/mol. The molecule has 0 amide bonds.